The molecule has 0 saturated heterocycles. The highest BCUT2D eigenvalue weighted by Gasteiger charge is 2.21. The number of benzene rings is 1. The molecule has 0 radical (unpaired) electrons. The van der Waals surface area contributed by atoms with E-state index in [0.717, 1.165) is 10.7 Å². The van der Waals surface area contributed by atoms with Crippen LogP contribution >= 0.6 is 11.8 Å². The van der Waals surface area contributed by atoms with Gasteiger partial charge in [-0.3, -0.25) is 10.2 Å². The monoisotopic (exact) mass is 232 g/mol. The van der Waals surface area contributed by atoms with Gasteiger partial charge in [0.1, 0.15) is 0 Å². The van der Waals surface area contributed by atoms with Crippen molar-refractivity contribution in [2.24, 2.45) is 0 Å². The van der Waals surface area contributed by atoms with Gasteiger partial charge in [0, 0.05) is 5.56 Å². The zero-order chi connectivity index (χ0) is 11.0. The van der Waals surface area contributed by atoms with E-state index in [0.29, 0.717) is 11.6 Å². The number of carbonyl (C=O) groups is 1. The Kier molecular flexibility index (Phi) is 2.14. The van der Waals surface area contributed by atoms with Crippen LogP contribution in [0.3, 0.4) is 0 Å². The van der Waals surface area contributed by atoms with Crippen molar-refractivity contribution >= 4 is 17.7 Å². The number of thioether (sulfide) groups is 1. The molecule has 1 aliphatic heterocycles. The van der Waals surface area contributed by atoms with E-state index < -0.39 is 0 Å². The zero-order valence-corrected chi connectivity index (χ0v) is 9.07. The van der Waals surface area contributed by atoms with E-state index in [9.17, 15) is 4.79 Å². The molecule has 16 heavy (non-hydrogen) atoms. The standard InChI is InChI=1S/C10H8N4OS/c15-8-6-16-10-12-11-9(14(10)13-8)7-4-2-1-3-5-7/h1-5H,6H2,(H,13,15). The van der Waals surface area contributed by atoms with E-state index in [1.165, 1.54) is 11.8 Å². The summed E-state index contributed by atoms with van der Waals surface area (Å²) in [5.74, 6) is 1.03. The fraction of sp³-hybridized carbons (Fsp3) is 0.100. The van der Waals surface area contributed by atoms with Crippen molar-refractivity contribution in [2.75, 3.05) is 11.2 Å². The first-order valence-corrected chi connectivity index (χ1v) is 5.76. The fourth-order valence-electron chi connectivity index (χ4n) is 1.53. The third-order valence-electron chi connectivity index (χ3n) is 2.23. The molecule has 1 aromatic carbocycles. The lowest BCUT2D eigenvalue weighted by molar-refractivity contribution is -0.114. The number of fused-ring (bicyclic) bond motifs is 1. The van der Waals surface area contributed by atoms with Crippen molar-refractivity contribution < 1.29 is 4.79 Å². The lowest BCUT2D eigenvalue weighted by atomic mass is 10.2. The molecule has 0 unspecified atom stereocenters. The van der Waals surface area contributed by atoms with Gasteiger partial charge in [0.15, 0.2) is 5.82 Å². The van der Waals surface area contributed by atoms with Crippen LogP contribution in [0.4, 0.5) is 0 Å². The lowest BCUT2D eigenvalue weighted by Gasteiger charge is -2.15. The molecule has 2 heterocycles. The quantitative estimate of drug-likeness (QED) is 0.800. The van der Waals surface area contributed by atoms with Gasteiger partial charge in [-0.2, -0.15) is 0 Å². The van der Waals surface area contributed by atoms with Crippen LogP contribution in [0.25, 0.3) is 11.4 Å². The summed E-state index contributed by atoms with van der Waals surface area (Å²) in [4.78, 5) is 11.3. The highest BCUT2D eigenvalue weighted by atomic mass is 32.2. The summed E-state index contributed by atoms with van der Waals surface area (Å²) in [6.07, 6.45) is 0. The van der Waals surface area contributed by atoms with E-state index in [1.807, 2.05) is 30.3 Å². The molecular formula is C10H8N4OS. The maximum absolute atomic E-state index is 11.3. The van der Waals surface area contributed by atoms with Crippen molar-refractivity contribution in [1.29, 1.82) is 0 Å². The largest absolute Gasteiger partial charge is 0.272 e. The molecule has 1 aromatic heterocycles. The van der Waals surface area contributed by atoms with Gasteiger partial charge in [0.25, 0.3) is 0 Å². The minimum absolute atomic E-state index is 0.0329. The maximum Gasteiger partial charge on any atom is 0.249 e. The van der Waals surface area contributed by atoms with Gasteiger partial charge in [-0.15, -0.1) is 10.2 Å². The summed E-state index contributed by atoms with van der Waals surface area (Å²) in [5.41, 5.74) is 3.67. The number of nitrogens with zero attached hydrogens (tertiary/aromatic N) is 3. The SMILES string of the molecule is O=C1CSc2nnc(-c3ccccc3)n2N1. The molecule has 1 aliphatic rings. The van der Waals surface area contributed by atoms with Crippen LogP contribution in [0.1, 0.15) is 0 Å². The van der Waals surface area contributed by atoms with E-state index in [1.54, 1.807) is 4.68 Å². The van der Waals surface area contributed by atoms with Crippen LogP contribution in [0.2, 0.25) is 0 Å². The molecule has 2 aromatic rings. The zero-order valence-electron chi connectivity index (χ0n) is 8.25. The molecule has 0 spiro atoms. The molecule has 80 valence electrons. The van der Waals surface area contributed by atoms with Crippen LogP contribution in [-0.4, -0.2) is 26.5 Å². The highest BCUT2D eigenvalue weighted by molar-refractivity contribution is 7.99. The van der Waals surface area contributed by atoms with Crippen molar-refractivity contribution in [3.63, 3.8) is 0 Å². The fourth-order valence-corrected chi connectivity index (χ4v) is 2.21. The van der Waals surface area contributed by atoms with E-state index >= 15 is 0 Å². The molecule has 0 aliphatic carbocycles. The minimum Gasteiger partial charge on any atom is -0.272 e. The third kappa shape index (κ3) is 1.47. The predicted molar refractivity (Wildman–Crippen MR) is 60.5 cm³/mol. The Balaban J connectivity index is 2.10. The summed E-state index contributed by atoms with van der Waals surface area (Å²) >= 11 is 1.39. The Morgan fingerprint density at radius 3 is 2.88 bits per heavy atom. The van der Waals surface area contributed by atoms with Crippen LogP contribution in [-0.2, 0) is 4.79 Å². The van der Waals surface area contributed by atoms with E-state index in [4.69, 9.17) is 0 Å². The normalized spacial score (nSPS) is 14.4. The van der Waals surface area contributed by atoms with Gasteiger partial charge in [-0.05, 0) is 0 Å². The van der Waals surface area contributed by atoms with Crippen LogP contribution in [0.5, 0.6) is 0 Å². The van der Waals surface area contributed by atoms with E-state index in [2.05, 4.69) is 15.6 Å². The number of nitrogens with one attached hydrogen (secondary N) is 1. The van der Waals surface area contributed by atoms with Gasteiger partial charge >= 0.3 is 0 Å². The summed E-state index contributed by atoms with van der Waals surface area (Å²) in [5, 5.41) is 8.83. The molecule has 1 N–H and O–H groups in total. The molecule has 1 amide bonds. The second-order valence-electron chi connectivity index (χ2n) is 3.33. The van der Waals surface area contributed by atoms with Crippen LogP contribution in [0, 0.1) is 0 Å². The van der Waals surface area contributed by atoms with Crippen molar-refractivity contribution in [2.45, 2.75) is 5.16 Å². The average molecular weight is 232 g/mol. The Hall–Kier alpha value is -1.82. The molecule has 6 heteroatoms. The first kappa shape index (κ1) is 9.41. The number of carbonyl (C=O) groups excluding carboxylic acids is 1. The average Bonchev–Trinajstić information content (AvgIpc) is 2.73. The Morgan fingerprint density at radius 1 is 1.25 bits per heavy atom. The molecule has 0 atom stereocenters. The van der Waals surface area contributed by atoms with E-state index in [-0.39, 0.29) is 5.91 Å². The highest BCUT2D eigenvalue weighted by Crippen LogP contribution is 2.24. The maximum atomic E-state index is 11.3. The van der Waals surface area contributed by atoms with Crippen molar-refractivity contribution in [1.82, 2.24) is 14.9 Å². The molecule has 0 fully saturated rings. The topological polar surface area (TPSA) is 59.8 Å². The second-order valence-corrected chi connectivity index (χ2v) is 4.27. The van der Waals surface area contributed by atoms with Gasteiger partial charge in [-0.1, -0.05) is 42.1 Å². The second kappa shape index (κ2) is 3.64. The van der Waals surface area contributed by atoms with Gasteiger partial charge in [-0.25, -0.2) is 4.68 Å². The summed E-state index contributed by atoms with van der Waals surface area (Å²) in [6.45, 7) is 0. The molecule has 5 nitrogen and oxygen atoms in total. The molecule has 0 saturated carbocycles. The molecule has 0 bridgehead atoms. The van der Waals surface area contributed by atoms with Gasteiger partial charge < -0.3 is 0 Å². The van der Waals surface area contributed by atoms with Gasteiger partial charge in [0.05, 0.1) is 5.75 Å². The number of rotatable bonds is 1. The minimum atomic E-state index is -0.0329. The number of amides is 1. The summed E-state index contributed by atoms with van der Waals surface area (Å²) in [7, 11) is 0. The summed E-state index contributed by atoms with van der Waals surface area (Å²) < 4.78 is 1.63. The number of hydrogen-bond acceptors (Lipinski definition) is 4. The Labute approximate surface area is 95.8 Å². The smallest absolute Gasteiger partial charge is 0.249 e. The molecular weight excluding hydrogens is 224 g/mol. The predicted octanol–water partition coefficient (Wildman–Crippen LogP) is 1.12. The van der Waals surface area contributed by atoms with Crippen LogP contribution < -0.4 is 5.43 Å². The Morgan fingerprint density at radius 2 is 2.06 bits per heavy atom. The molecule has 3 rings (SSSR count). The number of hydrogen-bond donors (Lipinski definition) is 1. The first-order valence-electron chi connectivity index (χ1n) is 4.78. The first-order chi connectivity index (χ1) is 7.84. The third-order valence-corrected chi connectivity index (χ3v) is 3.16. The summed E-state index contributed by atoms with van der Waals surface area (Å²) in [6, 6.07) is 9.65. The Bertz CT molecular complexity index is 537. The van der Waals surface area contributed by atoms with Crippen molar-refractivity contribution in [3.05, 3.63) is 30.3 Å². The van der Waals surface area contributed by atoms with Gasteiger partial charge in [0.2, 0.25) is 11.1 Å². The number of aromatic nitrogens is 3. The van der Waals surface area contributed by atoms with Crippen LogP contribution in [0.15, 0.2) is 35.5 Å². The van der Waals surface area contributed by atoms with Crippen molar-refractivity contribution in [3.8, 4) is 11.4 Å². The lowest BCUT2D eigenvalue weighted by Crippen LogP contribution is -2.29.